The molecule has 0 aromatic heterocycles. The first kappa shape index (κ1) is 14.4. The largest absolute Gasteiger partial charge is 0.325 e. The molecular formula is C17H33N. The Bertz CT molecular complexity index is 273. The normalized spacial score (nSPS) is 45.5. The molecule has 0 amide bonds. The lowest BCUT2D eigenvalue weighted by Crippen LogP contribution is -2.49. The molecule has 0 aromatic carbocycles. The Morgan fingerprint density at radius 2 is 1.44 bits per heavy atom. The van der Waals surface area contributed by atoms with Crippen LogP contribution in [0.1, 0.15) is 79.1 Å². The molecule has 2 N–H and O–H groups in total. The van der Waals surface area contributed by atoms with Crippen molar-refractivity contribution in [2.24, 2.45) is 28.9 Å². The maximum atomic E-state index is 6.88. The fraction of sp³-hybridized carbons (Fsp3) is 1.00. The smallest absolute Gasteiger partial charge is 0.0183 e. The minimum absolute atomic E-state index is 0.150. The summed E-state index contributed by atoms with van der Waals surface area (Å²) in [6.45, 7) is 9.69. The highest BCUT2D eigenvalue weighted by Crippen LogP contribution is 2.45. The number of nitrogens with two attached hydrogens (primary N) is 1. The van der Waals surface area contributed by atoms with E-state index in [1.54, 1.807) is 0 Å². The van der Waals surface area contributed by atoms with Crippen LogP contribution in [-0.2, 0) is 0 Å². The van der Waals surface area contributed by atoms with E-state index >= 15 is 0 Å². The summed E-state index contributed by atoms with van der Waals surface area (Å²) >= 11 is 0. The zero-order valence-electron chi connectivity index (χ0n) is 13.0. The van der Waals surface area contributed by atoms with Gasteiger partial charge in [0.2, 0.25) is 0 Å². The maximum Gasteiger partial charge on any atom is 0.0183 e. The highest BCUT2D eigenvalue weighted by molar-refractivity contribution is 4.97. The van der Waals surface area contributed by atoms with Gasteiger partial charge in [-0.15, -0.1) is 0 Å². The van der Waals surface area contributed by atoms with Crippen LogP contribution >= 0.6 is 0 Å². The molecule has 1 nitrogen and oxygen atoms in total. The fourth-order valence-electron chi connectivity index (χ4n) is 4.54. The summed E-state index contributed by atoms with van der Waals surface area (Å²) < 4.78 is 0. The molecule has 0 radical (unpaired) electrons. The Kier molecular flexibility index (Phi) is 4.11. The fourth-order valence-corrected chi connectivity index (χ4v) is 4.54. The van der Waals surface area contributed by atoms with E-state index in [9.17, 15) is 0 Å². The summed E-state index contributed by atoms with van der Waals surface area (Å²) in [4.78, 5) is 0. The molecule has 1 heteroatoms. The standard InChI is InChI=1S/C17H33N/c1-13-10-14(2)12-15(11-13)17(18)7-5-6-16(3,4)8-9-17/h13-15H,5-12,18H2,1-4H3. The Labute approximate surface area is 114 Å². The van der Waals surface area contributed by atoms with Gasteiger partial charge in [0.15, 0.2) is 0 Å². The third kappa shape index (κ3) is 3.29. The molecule has 3 atom stereocenters. The Morgan fingerprint density at radius 1 is 0.833 bits per heavy atom. The van der Waals surface area contributed by atoms with Gasteiger partial charge in [-0.1, -0.05) is 34.1 Å². The SMILES string of the molecule is CC1CC(C)CC(C2(N)CCCC(C)(C)CC2)C1. The zero-order valence-corrected chi connectivity index (χ0v) is 13.0. The first-order valence-electron chi connectivity index (χ1n) is 8.10. The second-order valence-electron chi connectivity index (χ2n) is 8.37. The highest BCUT2D eigenvalue weighted by Gasteiger charge is 2.41. The van der Waals surface area contributed by atoms with Crippen LogP contribution in [0.15, 0.2) is 0 Å². The first-order valence-corrected chi connectivity index (χ1v) is 8.10. The van der Waals surface area contributed by atoms with Crippen LogP contribution < -0.4 is 5.73 Å². The molecule has 106 valence electrons. The first-order chi connectivity index (χ1) is 8.31. The van der Waals surface area contributed by atoms with E-state index in [1.165, 1.54) is 51.4 Å². The molecule has 0 spiro atoms. The van der Waals surface area contributed by atoms with E-state index in [4.69, 9.17) is 5.73 Å². The van der Waals surface area contributed by atoms with Crippen molar-refractivity contribution >= 4 is 0 Å². The van der Waals surface area contributed by atoms with E-state index in [1.807, 2.05) is 0 Å². The number of hydrogen-bond acceptors (Lipinski definition) is 1. The van der Waals surface area contributed by atoms with Crippen LogP contribution in [0.25, 0.3) is 0 Å². The van der Waals surface area contributed by atoms with Gasteiger partial charge in [0, 0.05) is 5.54 Å². The maximum absolute atomic E-state index is 6.88. The molecule has 2 saturated carbocycles. The van der Waals surface area contributed by atoms with Crippen LogP contribution in [-0.4, -0.2) is 5.54 Å². The predicted molar refractivity (Wildman–Crippen MR) is 79.5 cm³/mol. The van der Waals surface area contributed by atoms with Crippen LogP contribution in [0, 0.1) is 23.2 Å². The van der Waals surface area contributed by atoms with Gasteiger partial charge in [-0.2, -0.15) is 0 Å². The van der Waals surface area contributed by atoms with Gasteiger partial charge in [0.25, 0.3) is 0 Å². The monoisotopic (exact) mass is 251 g/mol. The minimum atomic E-state index is 0.150. The molecule has 0 heterocycles. The third-order valence-electron chi connectivity index (χ3n) is 5.75. The highest BCUT2D eigenvalue weighted by atomic mass is 14.8. The lowest BCUT2D eigenvalue weighted by molar-refractivity contribution is 0.120. The molecule has 0 aliphatic heterocycles. The van der Waals surface area contributed by atoms with Gasteiger partial charge in [0.1, 0.15) is 0 Å². The average Bonchev–Trinajstić information content (AvgIpc) is 2.38. The lowest BCUT2D eigenvalue weighted by atomic mass is 9.66. The van der Waals surface area contributed by atoms with Gasteiger partial charge in [-0.05, 0) is 68.1 Å². The molecule has 2 fully saturated rings. The topological polar surface area (TPSA) is 26.0 Å². The van der Waals surface area contributed by atoms with Gasteiger partial charge in [-0.3, -0.25) is 0 Å². The van der Waals surface area contributed by atoms with Crippen molar-refractivity contribution in [1.82, 2.24) is 0 Å². The molecule has 0 bridgehead atoms. The van der Waals surface area contributed by atoms with Crippen LogP contribution in [0.5, 0.6) is 0 Å². The van der Waals surface area contributed by atoms with Crippen LogP contribution in [0.2, 0.25) is 0 Å². The van der Waals surface area contributed by atoms with E-state index in [2.05, 4.69) is 27.7 Å². The van der Waals surface area contributed by atoms with Crippen molar-refractivity contribution in [3.8, 4) is 0 Å². The minimum Gasteiger partial charge on any atom is -0.325 e. The Balaban J connectivity index is 2.05. The Hall–Kier alpha value is -0.0400. The van der Waals surface area contributed by atoms with Crippen molar-refractivity contribution in [2.75, 3.05) is 0 Å². The summed E-state index contributed by atoms with van der Waals surface area (Å²) in [6, 6.07) is 0. The summed E-state index contributed by atoms with van der Waals surface area (Å²) in [6.07, 6.45) is 10.7. The van der Waals surface area contributed by atoms with Crippen LogP contribution in [0.3, 0.4) is 0 Å². The molecule has 2 aliphatic rings. The van der Waals surface area contributed by atoms with Crippen molar-refractivity contribution in [3.63, 3.8) is 0 Å². The molecule has 0 saturated heterocycles. The second-order valence-corrected chi connectivity index (χ2v) is 8.37. The predicted octanol–water partition coefficient (Wildman–Crippen LogP) is 4.75. The van der Waals surface area contributed by atoms with Gasteiger partial charge < -0.3 is 5.73 Å². The molecule has 3 unspecified atom stereocenters. The molecule has 0 aromatic rings. The third-order valence-corrected chi connectivity index (χ3v) is 5.75. The summed E-state index contributed by atoms with van der Waals surface area (Å²) in [5.41, 5.74) is 7.55. The second kappa shape index (κ2) is 5.15. The van der Waals surface area contributed by atoms with E-state index < -0.39 is 0 Å². The van der Waals surface area contributed by atoms with E-state index in [-0.39, 0.29) is 5.54 Å². The van der Waals surface area contributed by atoms with Gasteiger partial charge in [-0.25, -0.2) is 0 Å². The molecular weight excluding hydrogens is 218 g/mol. The van der Waals surface area contributed by atoms with Crippen LogP contribution in [0.4, 0.5) is 0 Å². The van der Waals surface area contributed by atoms with Gasteiger partial charge >= 0.3 is 0 Å². The quantitative estimate of drug-likeness (QED) is 0.669. The number of hydrogen-bond donors (Lipinski definition) is 1. The summed E-state index contributed by atoms with van der Waals surface area (Å²) in [5, 5.41) is 0. The van der Waals surface area contributed by atoms with Gasteiger partial charge in [0.05, 0.1) is 0 Å². The van der Waals surface area contributed by atoms with E-state index in [0.29, 0.717) is 5.41 Å². The molecule has 2 aliphatic carbocycles. The molecule has 2 rings (SSSR count). The van der Waals surface area contributed by atoms with Crippen molar-refractivity contribution < 1.29 is 0 Å². The zero-order chi connectivity index (χ0) is 13.4. The average molecular weight is 251 g/mol. The number of rotatable bonds is 1. The lowest BCUT2D eigenvalue weighted by Gasteiger charge is -2.43. The Morgan fingerprint density at radius 3 is 2.06 bits per heavy atom. The van der Waals surface area contributed by atoms with Crippen molar-refractivity contribution in [2.45, 2.75) is 84.6 Å². The molecule has 18 heavy (non-hydrogen) atoms. The summed E-state index contributed by atoms with van der Waals surface area (Å²) in [5.74, 6) is 2.55. The van der Waals surface area contributed by atoms with E-state index in [0.717, 1.165) is 17.8 Å². The van der Waals surface area contributed by atoms with Crippen molar-refractivity contribution in [3.05, 3.63) is 0 Å². The summed E-state index contributed by atoms with van der Waals surface area (Å²) in [7, 11) is 0. The van der Waals surface area contributed by atoms with Crippen molar-refractivity contribution in [1.29, 1.82) is 0 Å².